The third-order valence-corrected chi connectivity index (χ3v) is 3.69. The summed E-state index contributed by atoms with van der Waals surface area (Å²) in [6, 6.07) is 4.38. The molecule has 1 N–H and O–H groups in total. The van der Waals surface area contributed by atoms with Crippen LogP contribution in [-0.2, 0) is 0 Å². The maximum Gasteiger partial charge on any atom is 0.122 e. The molecule has 1 heterocycles. The highest BCUT2D eigenvalue weighted by molar-refractivity contribution is 5.48. The summed E-state index contributed by atoms with van der Waals surface area (Å²) < 4.78 is 5.53. The zero-order valence-electron chi connectivity index (χ0n) is 10.8. The molecule has 2 nitrogen and oxygen atoms in total. The Morgan fingerprint density at radius 2 is 2.00 bits per heavy atom. The number of benzene rings is 1. The first-order valence-electron chi connectivity index (χ1n) is 5.86. The molecule has 1 aliphatic heterocycles. The summed E-state index contributed by atoms with van der Waals surface area (Å²) in [7, 11) is 1.76. The van der Waals surface area contributed by atoms with Crippen molar-refractivity contribution < 1.29 is 4.74 Å². The summed E-state index contributed by atoms with van der Waals surface area (Å²) in [5.41, 5.74) is 4.17. The summed E-state index contributed by atoms with van der Waals surface area (Å²) in [5.74, 6) is 1.60. The van der Waals surface area contributed by atoms with Gasteiger partial charge in [0, 0.05) is 23.6 Å². The van der Waals surface area contributed by atoms with E-state index in [9.17, 15) is 0 Å². The van der Waals surface area contributed by atoms with Crippen molar-refractivity contribution in [2.75, 3.05) is 13.7 Å². The normalized spacial score (nSPS) is 22.7. The quantitative estimate of drug-likeness (QED) is 0.826. The molecule has 2 heteroatoms. The fraction of sp³-hybridized carbons (Fsp3) is 0.571. The summed E-state index contributed by atoms with van der Waals surface area (Å²) in [6.45, 7) is 9.84. The van der Waals surface area contributed by atoms with Gasteiger partial charge in [-0.25, -0.2) is 0 Å². The van der Waals surface area contributed by atoms with Crippen LogP contribution in [0.1, 0.15) is 36.5 Å². The van der Waals surface area contributed by atoms with E-state index in [4.69, 9.17) is 4.74 Å². The Kier molecular flexibility index (Phi) is 2.70. The second-order valence-corrected chi connectivity index (χ2v) is 5.35. The zero-order chi connectivity index (χ0) is 11.9. The lowest BCUT2D eigenvalue weighted by Gasteiger charge is -2.47. The van der Waals surface area contributed by atoms with E-state index in [1.54, 1.807) is 7.11 Å². The molecule has 0 radical (unpaired) electrons. The lowest BCUT2D eigenvalue weighted by molar-refractivity contribution is 0.203. The van der Waals surface area contributed by atoms with Crippen LogP contribution < -0.4 is 10.1 Å². The van der Waals surface area contributed by atoms with Crippen molar-refractivity contribution in [1.29, 1.82) is 0 Å². The Morgan fingerprint density at radius 3 is 2.44 bits per heavy atom. The lowest BCUT2D eigenvalue weighted by Crippen LogP contribution is -2.59. The molecule has 1 unspecified atom stereocenters. The fourth-order valence-electron chi connectivity index (χ4n) is 2.63. The predicted octanol–water partition coefficient (Wildman–Crippen LogP) is 2.78. The highest BCUT2D eigenvalue weighted by Crippen LogP contribution is 2.41. The van der Waals surface area contributed by atoms with Gasteiger partial charge in [0.2, 0.25) is 0 Å². The molecule has 1 aliphatic rings. The number of ether oxygens (including phenoxy) is 1. The predicted molar refractivity (Wildman–Crippen MR) is 67.3 cm³/mol. The van der Waals surface area contributed by atoms with E-state index in [0.29, 0.717) is 5.92 Å². The minimum absolute atomic E-state index is 0.188. The standard InChI is InChI=1S/C14H21NO/c1-9-6-10(2)13(12(7-9)16-5)11-8-15-14(11,3)4/h6-7,11,15H,8H2,1-5H3. The smallest absolute Gasteiger partial charge is 0.122 e. The van der Waals surface area contributed by atoms with E-state index in [0.717, 1.165) is 12.3 Å². The van der Waals surface area contributed by atoms with Gasteiger partial charge in [-0.05, 0) is 44.9 Å². The van der Waals surface area contributed by atoms with Crippen molar-refractivity contribution in [2.24, 2.45) is 0 Å². The highest BCUT2D eigenvalue weighted by Gasteiger charge is 2.41. The Morgan fingerprint density at radius 1 is 1.31 bits per heavy atom. The van der Waals surface area contributed by atoms with Crippen molar-refractivity contribution in [3.8, 4) is 5.75 Å². The van der Waals surface area contributed by atoms with Gasteiger partial charge < -0.3 is 10.1 Å². The number of hydrogen-bond donors (Lipinski definition) is 1. The molecule has 0 spiro atoms. The van der Waals surface area contributed by atoms with Crippen molar-refractivity contribution in [3.05, 3.63) is 28.8 Å². The molecule has 0 aliphatic carbocycles. The number of hydrogen-bond acceptors (Lipinski definition) is 2. The van der Waals surface area contributed by atoms with Crippen LogP contribution in [0.2, 0.25) is 0 Å². The molecule has 0 bridgehead atoms. The molecular weight excluding hydrogens is 198 g/mol. The molecule has 1 atom stereocenters. The van der Waals surface area contributed by atoms with Crippen LogP contribution in [0, 0.1) is 13.8 Å². The lowest BCUT2D eigenvalue weighted by atomic mass is 9.73. The van der Waals surface area contributed by atoms with E-state index in [2.05, 4.69) is 45.1 Å². The molecule has 0 saturated carbocycles. The molecule has 1 saturated heterocycles. The summed E-state index contributed by atoms with van der Waals surface area (Å²) in [5, 5.41) is 3.47. The molecule has 1 fully saturated rings. The third kappa shape index (κ3) is 1.71. The molecule has 2 rings (SSSR count). The molecule has 0 amide bonds. The first-order valence-corrected chi connectivity index (χ1v) is 5.86. The minimum atomic E-state index is 0.188. The topological polar surface area (TPSA) is 21.3 Å². The van der Waals surface area contributed by atoms with Crippen molar-refractivity contribution in [2.45, 2.75) is 39.2 Å². The average molecular weight is 219 g/mol. The number of nitrogens with one attached hydrogen (secondary N) is 1. The molecule has 0 aromatic heterocycles. The van der Waals surface area contributed by atoms with Gasteiger partial charge in [-0.3, -0.25) is 0 Å². The van der Waals surface area contributed by atoms with Gasteiger partial charge in [0.15, 0.2) is 0 Å². The Hall–Kier alpha value is -1.02. The summed E-state index contributed by atoms with van der Waals surface area (Å²) in [6.07, 6.45) is 0. The van der Waals surface area contributed by atoms with Gasteiger partial charge in [0.25, 0.3) is 0 Å². The van der Waals surface area contributed by atoms with E-state index in [-0.39, 0.29) is 5.54 Å². The molecular formula is C14H21NO. The van der Waals surface area contributed by atoms with Crippen LogP contribution in [0.15, 0.2) is 12.1 Å². The van der Waals surface area contributed by atoms with Gasteiger partial charge in [0.1, 0.15) is 5.75 Å². The fourth-order valence-corrected chi connectivity index (χ4v) is 2.63. The Labute approximate surface area is 98.0 Å². The second-order valence-electron chi connectivity index (χ2n) is 5.35. The van der Waals surface area contributed by atoms with Gasteiger partial charge in [-0.2, -0.15) is 0 Å². The van der Waals surface area contributed by atoms with Crippen LogP contribution >= 0.6 is 0 Å². The maximum absolute atomic E-state index is 5.53. The number of methoxy groups -OCH3 is 1. The molecule has 16 heavy (non-hydrogen) atoms. The van der Waals surface area contributed by atoms with Crippen LogP contribution in [-0.4, -0.2) is 19.2 Å². The van der Waals surface area contributed by atoms with Gasteiger partial charge in [-0.1, -0.05) is 6.07 Å². The van der Waals surface area contributed by atoms with E-state index in [1.165, 1.54) is 16.7 Å². The largest absolute Gasteiger partial charge is 0.496 e. The Bertz CT molecular complexity index is 409. The van der Waals surface area contributed by atoms with E-state index >= 15 is 0 Å². The Balaban J connectivity index is 2.47. The number of aryl methyl sites for hydroxylation is 2. The zero-order valence-corrected chi connectivity index (χ0v) is 10.8. The monoisotopic (exact) mass is 219 g/mol. The molecule has 1 aromatic carbocycles. The van der Waals surface area contributed by atoms with Crippen LogP contribution in [0.4, 0.5) is 0 Å². The maximum atomic E-state index is 5.53. The van der Waals surface area contributed by atoms with Gasteiger partial charge >= 0.3 is 0 Å². The van der Waals surface area contributed by atoms with Crippen LogP contribution in [0.25, 0.3) is 0 Å². The molecule has 1 aromatic rings. The molecule has 88 valence electrons. The van der Waals surface area contributed by atoms with Crippen molar-refractivity contribution in [3.63, 3.8) is 0 Å². The first-order chi connectivity index (χ1) is 7.45. The average Bonchev–Trinajstić information content (AvgIpc) is 2.20. The van der Waals surface area contributed by atoms with Gasteiger partial charge in [-0.15, -0.1) is 0 Å². The SMILES string of the molecule is COc1cc(C)cc(C)c1C1CNC1(C)C. The highest BCUT2D eigenvalue weighted by atomic mass is 16.5. The van der Waals surface area contributed by atoms with E-state index < -0.39 is 0 Å². The van der Waals surface area contributed by atoms with Crippen molar-refractivity contribution in [1.82, 2.24) is 5.32 Å². The third-order valence-electron chi connectivity index (χ3n) is 3.69. The van der Waals surface area contributed by atoms with Crippen LogP contribution in [0.5, 0.6) is 5.75 Å². The summed E-state index contributed by atoms with van der Waals surface area (Å²) >= 11 is 0. The first kappa shape index (κ1) is 11.5. The summed E-state index contributed by atoms with van der Waals surface area (Å²) in [4.78, 5) is 0. The number of rotatable bonds is 2. The second kappa shape index (κ2) is 3.77. The van der Waals surface area contributed by atoms with Gasteiger partial charge in [0.05, 0.1) is 7.11 Å². The van der Waals surface area contributed by atoms with E-state index in [1.807, 2.05) is 0 Å². The van der Waals surface area contributed by atoms with Crippen LogP contribution in [0.3, 0.4) is 0 Å². The minimum Gasteiger partial charge on any atom is -0.496 e. The van der Waals surface area contributed by atoms with Crippen molar-refractivity contribution >= 4 is 0 Å².